The summed E-state index contributed by atoms with van der Waals surface area (Å²) in [5.41, 5.74) is -2.45. The standard InChI is InChI=1S/C11H15ClN2O5S/c1-20-5-11(4-15)8(17)7(12)9(19-11)14-3-2-6(16)13-10(14)18/h2-3,7-9,15,17H,4-5H2,1H3,(H,13,16,18)/t7-,8+,9-,11+/m1/s1. The molecule has 0 bridgehead atoms. The van der Waals surface area contributed by atoms with Crippen molar-refractivity contribution in [3.05, 3.63) is 33.1 Å². The maximum Gasteiger partial charge on any atom is 0.330 e. The number of rotatable bonds is 4. The van der Waals surface area contributed by atoms with E-state index in [-0.39, 0.29) is 0 Å². The van der Waals surface area contributed by atoms with Crippen molar-refractivity contribution in [3.63, 3.8) is 0 Å². The summed E-state index contributed by atoms with van der Waals surface area (Å²) < 4.78 is 6.76. The van der Waals surface area contributed by atoms with Crippen LogP contribution >= 0.6 is 23.4 Å². The van der Waals surface area contributed by atoms with Crippen molar-refractivity contribution >= 4 is 23.4 Å². The smallest absolute Gasteiger partial charge is 0.330 e. The lowest BCUT2D eigenvalue weighted by Crippen LogP contribution is -2.47. The Bertz CT molecular complexity index is 591. The van der Waals surface area contributed by atoms with Gasteiger partial charge < -0.3 is 14.9 Å². The monoisotopic (exact) mass is 322 g/mol. The molecule has 9 heteroatoms. The summed E-state index contributed by atoms with van der Waals surface area (Å²) in [5.74, 6) is 0.322. The van der Waals surface area contributed by atoms with Crippen LogP contribution in [0.2, 0.25) is 0 Å². The normalized spacial score (nSPS) is 33.5. The molecule has 2 rings (SSSR count). The fourth-order valence-corrected chi connectivity index (χ4v) is 3.42. The van der Waals surface area contributed by atoms with Gasteiger partial charge in [0.2, 0.25) is 0 Å². The molecule has 0 radical (unpaired) electrons. The van der Waals surface area contributed by atoms with E-state index < -0.39 is 41.2 Å². The Morgan fingerprint density at radius 2 is 2.30 bits per heavy atom. The highest BCUT2D eigenvalue weighted by molar-refractivity contribution is 7.98. The minimum absolute atomic E-state index is 0.322. The molecule has 1 aliphatic heterocycles. The molecular formula is C11H15ClN2O5S. The largest absolute Gasteiger partial charge is 0.393 e. The summed E-state index contributed by atoms with van der Waals surface area (Å²) in [7, 11) is 0. The van der Waals surface area contributed by atoms with Gasteiger partial charge in [0.1, 0.15) is 17.1 Å². The summed E-state index contributed by atoms with van der Waals surface area (Å²) in [4.78, 5) is 24.9. The number of nitrogens with one attached hydrogen (secondary N) is 1. The van der Waals surface area contributed by atoms with Crippen LogP contribution in [-0.4, -0.2) is 55.5 Å². The fourth-order valence-electron chi connectivity index (χ4n) is 2.20. The van der Waals surface area contributed by atoms with Crippen LogP contribution < -0.4 is 11.2 Å². The summed E-state index contributed by atoms with van der Waals surface area (Å²) in [6.07, 6.45) is 0.956. The van der Waals surface area contributed by atoms with E-state index >= 15 is 0 Å². The minimum atomic E-state index is -1.23. The van der Waals surface area contributed by atoms with Crippen molar-refractivity contribution in [2.75, 3.05) is 18.6 Å². The van der Waals surface area contributed by atoms with Gasteiger partial charge in [0, 0.05) is 18.0 Å². The number of aromatic nitrogens is 2. The van der Waals surface area contributed by atoms with Crippen LogP contribution in [0.3, 0.4) is 0 Å². The number of aliphatic hydroxyl groups is 2. The number of hydrogen-bond donors (Lipinski definition) is 3. The molecular weight excluding hydrogens is 308 g/mol. The van der Waals surface area contributed by atoms with Gasteiger partial charge in [-0.05, 0) is 6.26 Å². The van der Waals surface area contributed by atoms with E-state index in [1.165, 1.54) is 18.0 Å². The maximum absolute atomic E-state index is 11.8. The van der Waals surface area contributed by atoms with Gasteiger partial charge in [-0.3, -0.25) is 14.3 Å². The summed E-state index contributed by atoms with van der Waals surface area (Å²) in [5, 5.41) is 18.8. The van der Waals surface area contributed by atoms with E-state index in [0.717, 1.165) is 10.6 Å². The first kappa shape index (κ1) is 15.6. The highest BCUT2D eigenvalue weighted by Gasteiger charge is 2.54. The number of aromatic amines is 1. The second kappa shape index (κ2) is 5.90. The van der Waals surface area contributed by atoms with Crippen LogP contribution in [0.4, 0.5) is 0 Å². The Morgan fingerprint density at radius 1 is 1.60 bits per heavy atom. The quantitative estimate of drug-likeness (QED) is 0.622. The SMILES string of the molecule is CSC[C@]1(CO)O[C@@H](n2ccc(=O)[nH]c2=O)[C@H](Cl)[C@@H]1O. The predicted octanol–water partition coefficient (Wildman–Crippen LogP) is -0.872. The Morgan fingerprint density at radius 3 is 2.85 bits per heavy atom. The molecule has 7 nitrogen and oxygen atoms in total. The molecule has 3 N–H and O–H groups in total. The third kappa shape index (κ3) is 2.53. The fraction of sp³-hybridized carbons (Fsp3) is 0.636. The molecule has 0 saturated carbocycles. The minimum Gasteiger partial charge on any atom is -0.393 e. The molecule has 2 heterocycles. The highest BCUT2D eigenvalue weighted by Crippen LogP contribution is 2.40. The molecule has 1 fully saturated rings. The molecule has 0 spiro atoms. The van der Waals surface area contributed by atoms with Crippen LogP contribution in [0.15, 0.2) is 21.9 Å². The van der Waals surface area contributed by atoms with Crippen LogP contribution in [-0.2, 0) is 4.74 Å². The summed E-state index contributed by atoms with van der Waals surface area (Å²) >= 11 is 7.51. The topological polar surface area (TPSA) is 105 Å². The molecule has 1 aromatic rings. The third-order valence-corrected chi connectivity index (χ3v) is 4.48. The van der Waals surface area contributed by atoms with Crippen LogP contribution in [0, 0.1) is 0 Å². The van der Waals surface area contributed by atoms with Crippen molar-refractivity contribution in [3.8, 4) is 0 Å². The first-order chi connectivity index (χ1) is 9.45. The Labute approximate surface area is 123 Å². The number of thioether (sulfide) groups is 1. The van der Waals surface area contributed by atoms with Gasteiger partial charge in [-0.25, -0.2) is 4.79 Å². The van der Waals surface area contributed by atoms with E-state index in [9.17, 15) is 19.8 Å². The van der Waals surface area contributed by atoms with Crippen molar-refractivity contribution in [1.29, 1.82) is 0 Å². The van der Waals surface area contributed by atoms with E-state index in [1.807, 2.05) is 0 Å². The van der Waals surface area contributed by atoms with Crippen molar-refractivity contribution in [2.24, 2.45) is 0 Å². The molecule has 0 unspecified atom stereocenters. The summed E-state index contributed by atoms with van der Waals surface area (Å²) in [6.45, 7) is -0.424. The zero-order valence-corrected chi connectivity index (χ0v) is 12.2. The summed E-state index contributed by atoms with van der Waals surface area (Å²) in [6, 6.07) is 1.16. The van der Waals surface area contributed by atoms with Gasteiger partial charge in [0.25, 0.3) is 5.56 Å². The van der Waals surface area contributed by atoms with Gasteiger partial charge >= 0.3 is 5.69 Å². The number of ether oxygens (including phenoxy) is 1. The van der Waals surface area contributed by atoms with Gasteiger partial charge in [0.15, 0.2) is 6.23 Å². The van der Waals surface area contributed by atoms with Crippen molar-refractivity contribution < 1.29 is 14.9 Å². The maximum atomic E-state index is 11.8. The lowest BCUT2D eigenvalue weighted by molar-refractivity contribution is -0.113. The van der Waals surface area contributed by atoms with Gasteiger partial charge in [-0.15, -0.1) is 11.6 Å². The van der Waals surface area contributed by atoms with E-state index in [0.29, 0.717) is 5.75 Å². The molecule has 112 valence electrons. The van der Waals surface area contributed by atoms with Gasteiger partial charge in [-0.2, -0.15) is 11.8 Å². The number of hydrogen-bond acceptors (Lipinski definition) is 6. The second-order valence-corrected chi connectivity index (χ2v) is 5.94. The second-order valence-electron chi connectivity index (χ2n) is 4.57. The average Bonchev–Trinajstić information content (AvgIpc) is 2.65. The molecule has 0 aliphatic carbocycles. The highest BCUT2D eigenvalue weighted by atomic mass is 35.5. The molecule has 1 aromatic heterocycles. The van der Waals surface area contributed by atoms with Crippen LogP contribution in [0.1, 0.15) is 6.23 Å². The first-order valence-electron chi connectivity index (χ1n) is 5.86. The first-order valence-corrected chi connectivity index (χ1v) is 7.69. The van der Waals surface area contributed by atoms with Gasteiger partial charge in [-0.1, -0.05) is 0 Å². The van der Waals surface area contributed by atoms with Gasteiger partial charge in [0.05, 0.1) is 6.61 Å². The predicted molar refractivity (Wildman–Crippen MR) is 75.3 cm³/mol. The molecule has 0 aromatic carbocycles. The number of H-pyrrole nitrogens is 1. The molecule has 4 atom stereocenters. The zero-order chi connectivity index (χ0) is 14.9. The average molecular weight is 323 g/mol. The van der Waals surface area contributed by atoms with Crippen molar-refractivity contribution in [1.82, 2.24) is 9.55 Å². The third-order valence-electron chi connectivity index (χ3n) is 3.25. The Hall–Kier alpha value is -0.800. The number of aliphatic hydroxyl groups excluding tert-OH is 2. The number of nitrogens with zero attached hydrogens (tertiary/aromatic N) is 1. The lowest BCUT2D eigenvalue weighted by atomic mass is 10.00. The Balaban J connectivity index is 2.39. The number of halogens is 1. The van der Waals surface area contributed by atoms with Crippen LogP contribution in [0.5, 0.6) is 0 Å². The Kier molecular flexibility index (Phi) is 4.60. The molecule has 1 saturated heterocycles. The molecule has 0 amide bonds. The van der Waals surface area contributed by atoms with E-state index in [2.05, 4.69) is 4.98 Å². The van der Waals surface area contributed by atoms with Crippen molar-refractivity contribution in [2.45, 2.75) is 23.3 Å². The van der Waals surface area contributed by atoms with E-state index in [1.54, 1.807) is 6.26 Å². The van der Waals surface area contributed by atoms with Crippen LogP contribution in [0.25, 0.3) is 0 Å². The molecule has 1 aliphatic rings. The molecule has 20 heavy (non-hydrogen) atoms. The zero-order valence-electron chi connectivity index (χ0n) is 10.7. The lowest BCUT2D eigenvalue weighted by Gasteiger charge is -2.29. The van der Waals surface area contributed by atoms with E-state index in [4.69, 9.17) is 16.3 Å². The number of alkyl halides is 1.